The van der Waals surface area contributed by atoms with Gasteiger partial charge in [0.2, 0.25) is 15.9 Å². The van der Waals surface area contributed by atoms with Crippen LogP contribution >= 0.6 is 0 Å². The SMILES string of the molecule is COC(=O)C(Cc1ccccc1)NC(=O)C1CCN(S(=O)(=O)c2ccc3c(c2)OCCO3)CC1. The van der Waals surface area contributed by atoms with Gasteiger partial charge in [-0.15, -0.1) is 0 Å². The van der Waals surface area contributed by atoms with Gasteiger partial charge in [0.05, 0.1) is 12.0 Å². The lowest BCUT2D eigenvalue weighted by atomic mass is 9.96. The molecule has 1 unspecified atom stereocenters. The summed E-state index contributed by atoms with van der Waals surface area (Å²) in [6, 6.07) is 13.1. The monoisotopic (exact) mass is 488 g/mol. The molecular weight excluding hydrogens is 460 g/mol. The van der Waals surface area contributed by atoms with Crippen molar-refractivity contribution in [3.8, 4) is 11.5 Å². The zero-order valence-corrected chi connectivity index (χ0v) is 19.8. The number of sulfonamides is 1. The molecule has 0 saturated carbocycles. The number of nitrogens with one attached hydrogen (secondary N) is 1. The Hall–Kier alpha value is -3.11. The maximum absolute atomic E-state index is 13.1. The second kappa shape index (κ2) is 10.4. The maximum Gasteiger partial charge on any atom is 0.328 e. The van der Waals surface area contributed by atoms with Crippen molar-refractivity contribution in [2.45, 2.75) is 30.2 Å². The van der Waals surface area contributed by atoms with E-state index < -0.39 is 28.0 Å². The van der Waals surface area contributed by atoms with E-state index in [1.54, 1.807) is 6.07 Å². The third kappa shape index (κ3) is 5.34. The molecule has 2 aromatic carbocycles. The molecule has 2 heterocycles. The number of methoxy groups -OCH3 is 1. The molecule has 2 aliphatic rings. The van der Waals surface area contributed by atoms with Gasteiger partial charge in [-0.1, -0.05) is 30.3 Å². The summed E-state index contributed by atoms with van der Waals surface area (Å²) in [5.74, 6) is -0.252. The van der Waals surface area contributed by atoms with Gasteiger partial charge >= 0.3 is 5.97 Å². The highest BCUT2D eigenvalue weighted by molar-refractivity contribution is 7.89. The third-order valence-corrected chi connectivity index (χ3v) is 7.96. The standard InChI is InChI=1S/C24H28N2O7S/c1-31-24(28)20(15-17-5-3-2-4-6-17)25-23(27)18-9-11-26(12-10-18)34(29,30)19-7-8-21-22(16-19)33-14-13-32-21/h2-8,16,18,20H,9-15H2,1H3,(H,25,27). The number of benzene rings is 2. The van der Waals surface area contributed by atoms with Crippen LogP contribution in [0.25, 0.3) is 0 Å². The minimum Gasteiger partial charge on any atom is -0.486 e. The zero-order valence-electron chi connectivity index (χ0n) is 18.9. The van der Waals surface area contributed by atoms with Crippen LogP contribution in [-0.4, -0.2) is 64.1 Å². The average Bonchev–Trinajstić information content (AvgIpc) is 2.88. The van der Waals surface area contributed by atoms with Gasteiger partial charge in [0.25, 0.3) is 0 Å². The molecule has 0 radical (unpaired) electrons. The fourth-order valence-corrected chi connectivity index (χ4v) is 5.65. The molecule has 1 atom stereocenters. The van der Waals surface area contributed by atoms with E-state index in [0.717, 1.165) is 5.56 Å². The first-order valence-corrected chi connectivity index (χ1v) is 12.6. The van der Waals surface area contributed by atoms with Gasteiger partial charge in [0.15, 0.2) is 11.5 Å². The number of piperidine rings is 1. The number of rotatable bonds is 7. The first-order valence-electron chi connectivity index (χ1n) is 11.2. The molecule has 0 spiro atoms. The lowest BCUT2D eigenvalue weighted by molar-refractivity contribution is -0.145. The van der Waals surface area contributed by atoms with Crippen molar-refractivity contribution >= 4 is 21.9 Å². The lowest BCUT2D eigenvalue weighted by Crippen LogP contribution is -2.48. The molecule has 34 heavy (non-hydrogen) atoms. The highest BCUT2D eigenvalue weighted by atomic mass is 32.2. The summed E-state index contributed by atoms with van der Waals surface area (Å²) in [5, 5.41) is 2.79. The Bertz CT molecular complexity index is 1130. The van der Waals surface area contributed by atoms with E-state index in [-0.39, 0.29) is 23.9 Å². The number of hydrogen-bond donors (Lipinski definition) is 1. The summed E-state index contributed by atoms with van der Waals surface area (Å²) in [4.78, 5) is 25.3. The smallest absolute Gasteiger partial charge is 0.328 e. The van der Waals surface area contributed by atoms with Crippen molar-refractivity contribution in [3.63, 3.8) is 0 Å². The first kappa shape index (κ1) is 24.0. The van der Waals surface area contributed by atoms with Gasteiger partial charge in [-0.2, -0.15) is 4.31 Å². The van der Waals surface area contributed by atoms with Crippen molar-refractivity contribution in [2.75, 3.05) is 33.4 Å². The molecule has 1 fully saturated rings. The van der Waals surface area contributed by atoms with Gasteiger partial charge < -0.3 is 19.5 Å². The normalized spacial score (nSPS) is 17.6. The van der Waals surface area contributed by atoms with Gasteiger partial charge in [-0.3, -0.25) is 4.79 Å². The number of fused-ring (bicyclic) bond motifs is 1. The summed E-state index contributed by atoms with van der Waals surface area (Å²) in [7, 11) is -2.45. The topological polar surface area (TPSA) is 111 Å². The summed E-state index contributed by atoms with van der Waals surface area (Å²) in [5.41, 5.74) is 0.901. The first-order chi connectivity index (χ1) is 16.4. The second-order valence-electron chi connectivity index (χ2n) is 8.26. The molecule has 182 valence electrons. The highest BCUT2D eigenvalue weighted by Gasteiger charge is 2.34. The minimum absolute atomic E-state index is 0.133. The van der Waals surface area contributed by atoms with E-state index in [2.05, 4.69) is 5.32 Å². The molecule has 2 aliphatic heterocycles. The molecule has 9 nitrogen and oxygen atoms in total. The van der Waals surface area contributed by atoms with Crippen molar-refractivity contribution in [1.82, 2.24) is 9.62 Å². The Balaban J connectivity index is 1.37. The van der Waals surface area contributed by atoms with Crippen molar-refractivity contribution in [3.05, 3.63) is 54.1 Å². The number of carbonyl (C=O) groups is 2. The van der Waals surface area contributed by atoms with Crippen molar-refractivity contribution in [1.29, 1.82) is 0 Å². The van der Waals surface area contributed by atoms with E-state index in [0.29, 0.717) is 44.0 Å². The predicted molar refractivity (Wildman–Crippen MR) is 123 cm³/mol. The number of esters is 1. The van der Waals surface area contributed by atoms with Gasteiger partial charge in [-0.05, 0) is 30.5 Å². The minimum atomic E-state index is -3.73. The van der Waals surface area contributed by atoms with E-state index in [9.17, 15) is 18.0 Å². The lowest BCUT2D eigenvalue weighted by Gasteiger charge is -2.31. The number of carbonyl (C=O) groups excluding carboxylic acids is 2. The third-order valence-electron chi connectivity index (χ3n) is 6.06. The van der Waals surface area contributed by atoms with Crippen molar-refractivity contribution < 1.29 is 32.2 Å². The molecule has 1 saturated heterocycles. The highest BCUT2D eigenvalue weighted by Crippen LogP contribution is 2.34. The van der Waals surface area contributed by atoms with Gasteiger partial charge in [0, 0.05) is 31.5 Å². The molecule has 10 heteroatoms. The van der Waals surface area contributed by atoms with Crippen LogP contribution in [0.1, 0.15) is 18.4 Å². The maximum atomic E-state index is 13.1. The summed E-state index contributed by atoms with van der Waals surface area (Å²) in [6.45, 7) is 1.21. The van der Waals surface area contributed by atoms with Crippen LogP contribution in [0, 0.1) is 5.92 Å². The van der Waals surface area contributed by atoms with Crippen LogP contribution < -0.4 is 14.8 Å². The fraction of sp³-hybridized carbons (Fsp3) is 0.417. The average molecular weight is 489 g/mol. The molecular formula is C24H28N2O7S. The Morgan fingerprint density at radius 3 is 2.41 bits per heavy atom. The molecule has 1 N–H and O–H groups in total. The largest absolute Gasteiger partial charge is 0.486 e. The predicted octanol–water partition coefficient (Wildman–Crippen LogP) is 1.76. The number of ether oxygens (including phenoxy) is 3. The van der Waals surface area contributed by atoms with Crippen LogP contribution in [0.15, 0.2) is 53.4 Å². The second-order valence-corrected chi connectivity index (χ2v) is 10.2. The van der Waals surface area contributed by atoms with Crippen LogP contribution in [0.3, 0.4) is 0 Å². The van der Waals surface area contributed by atoms with Crippen LogP contribution in [-0.2, 0) is 30.8 Å². The summed E-state index contributed by atoms with van der Waals surface area (Å²) < 4.78 is 43.5. The molecule has 4 rings (SSSR count). The fourth-order valence-electron chi connectivity index (χ4n) is 4.17. The van der Waals surface area contributed by atoms with E-state index in [1.165, 1.54) is 23.5 Å². The molecule has 2 aromatic rings. The van der Waals surface area contributed by atoms with Crippen molar-refractivity contribution in [2.24, 2.45) is 5.92 Å². The van der Waals surface area contributed by atoms with E-state index >= 15 is 0 Å². The summed E-state index contributed by atoms with van der Waals surface area (Å²) >= 11 is 0. The van der Waals surface area contributed by atoms with E-state index in [4.69, 9.17) is 14.2 Å². The Morgan fingerprint density at radius 1 is 1.06 bits per heavy atom. The quantitative estimate of drug-likeness (QED) is 0.591. The number of hydrogen-bond acceptors (Lipinski definition) is 7. The molecule has 0 aliphatic carbocycles. The van der Waals surface area contributed by atoms with Gasteiger partial charge in [-0.25, -0.2) is 13.2 Å². The van der Waals surface area contributed by atoms with Gasteiger partial charge in [0.1, 0.15) is 19.3 Å². The number of nitrogens with zero attached hydrogens (tertiary/aromatic N) is 1. The van der Waals surface area contributed by atoms with E-state index in [1.807, 2.05) is 30.3 Å². The summed E-state index contributed by atoms with van der Waals surface area (Å²) in [6.07, 6.45) is 1.03. The zero-order chi connectivity index (χ0) is 24.1. The van der Waals surface area contributed by atoms with Crippen LogP contribution in [0.5, 0.6) is 11.5 Å². The van der Waals surface area contributed by atoms with Crippen LogP contribution in [0.4, 0.5) is 0 Å². The molecule has 1 amide bonds. The Kier molecular flexibility index (Phi) is 7.38. The van der Waals surface area contributed by atoms with Crippen LogP contribution in [0.2, 0.25) is 0 Å². The molecule has 0 bridgehead atoms. The Morgan fingerprint density at radius 2 is 1.74 bits per heavy atom. The number of amides is 1. The molecule has 0 aromatic heterocycles. The Labute approximate surface area is 199 Å².